The predicted molar refractivity (Wildman–Crippen MR) is 246 cm³/mol. The summed E-state index contributed by atoms with van der Waals surface area (Å²) in [7, 11) is 0. The molecular formula is C47H74I2O13. The summed E-state index contributed by atoms with van der Waals surface area (Å²) < 4.78 is 22.9. The van der Waals surface area contributed by atoms with Gasteiger partial charge in [-0.25, -0.2) is 19.4 Å². The van der Waals surface area contributed by atoms with Crippen LogP contribution in [0, 0.1) is 33.0 Å². The van der Waals surface area contributed by atoms with Crippen LogP contribution in [0.4, 0.5) is 0 Å². The zero-order valence-corrected chi connectivity index (χ0v) is 43.5. The Balaban J connectivity index is 1.31. The van der Waals surface area contributed by atoms with E-state index in [4.69, 9.17) is 28.7 Å². The molecule has 8 atom stereocenters. The molecule has 0 saturated heterocycles. The van der Waals surface area contributed by atoms with Crippen molar-refractivity contribution in [3.63, 3.8) is 0 Å². The second-order valence-corrected chi connectivity index (χ2v) is 26.6. The molecule has 8 saturated carbocycles. The third-order valence-corrected chi connectivity index (χ3v) is 20.3. The number of ether oxygens (including phenoxy) is 4. The fourth-order valence-electron chi connectivity index (χ4n) is 14.1. The lowest BCUT2D eigenvalue weighted by atomic mass is 9.32. The Morgan fingerprint density at radius 2 is 0.855 bits per heavy atom. The van der Waals surface area contributed by atoms with Crippen LogP contribution in [0.25, 0.3) is 0 Å². The van der Waals surface area contributed by atoms with Crippen molar-refractivity contribution in [2.75, 3.05) is 13.2 Å². The fraction of sp³-hybridized carbons (Fsp3) is 0.915. The summed E-state index contributed by atoms with van der Waals surface area (Å²) in [5.74, 6) is -2.09. The van der Waals surface area contributed by atoms with Crippen LogP contribution in [0.3, 0.4) is 0 Å². The van der Waals surface area contributed by atoms with Gasteiger partial charge in [-0.15, -0.1) is 0 Å². The fourth-order valence-corrected chi connectivity index (χ4v) is 14.5. The number of hydrogen-bond acceptors (Lipinski definition) is 13. The molecule has 0 spiro atoms. The van der Waals surface area contributed by atoms with Crippen molar-refractivity contribution in [2.45, 2.75) is 220 Å². The molecule has 62 heavy (non-hydrogen) atoms. The first-order valence-corrected chi connectivity index (χ1v) is 25.2. The van der Waals surface area contributed by atoms with E-state index >= 15 is 0 Å². The highest BCUT2D eigenvalue weighted by atomic mass is 127. The maximum absolute atomic E-state index is 13.7. The first-order chi connectivity index (χ1) is 28.1. The van der Waals surface area contributed by atoms with E-state index in [0.717, 1.165) is 12.8 Å². The molecular weight excluding hydrogens is 1030 g/mol. The Morgan fingerprint density at radius 1 is 0.516 bits per heavy atom. The minimum Gasteiger partial charge on any atom is -0.456 e. The van der Waals surface area contributed by atoms with Gasteiger partial charge in [-0.3, -0.25) is 9.59 Å². The van der Waals surface area contributed by atoms with Gasteiger partial charge >= 0.3 is 23.9 Å². The minimum atomic E-state index is -1.24. The van der Waals surface area contributed by atoms with Gasteiger partial charge in [0.25, 0.3) is 0 Å². The molecule has 8 aliphatic rings. The van der Waals surface area contributed by atoms with Crippen LogP contribution in [0.15, 0.2) is 0 Å². The highest BCUT2D eigenvalue weighted by Gasteiger charge is 2.78. The molecule has 0 amide bonds. The predicted octanol–water partition coefficient (Wildman–Crippen LogP) is 8.19. The highest BCUT2D eigenvalue weighted by molar-refractivity contribution is 14.1. The number of hydrogen-bond donors (Lipinski definition) is 3. The van der Waals surface area contributed by atoms with Gasteiger partial charge in [-0.1, -0.05) is 59.0 Å². The largest absolute Gasteiger partial charge is 0.456 e. The molecule has 8 unspecified atom stereocenters. The van der Waals surface area contributed by atoms with E-state index in [9.17, 15) is 34.5 Å². The molecule has 8 bridgehead atoms. The van der Waals surface area contributed by atoms with Crippen LogP contribution in [0.5, 0.6) is 0 Å². The number of aliphatic hydroxyl groups is 3. The van der Waals surface area contributed by atoms with Crippen LogP contribution < -0.4 is 0 Å². The molecule has 0 aromatic carbocycles. The Hall–Kier alpha value is -0.860. The van der Waals surface area contributed by atoms with Crippen molar-refractivity contribution in [1.82, 2.24) is 0 Å². The van der Waals surface area contributed by atoms with Gasteiger partial charge < -0.3 is 34.3 Å². The molecule has 0 aliphatic heterocycles. The zero-order valence-electron chi connectivity index (χ0n) is 39.2. The van der Waals surface area contributed by atoms with Crippen molar-refractivity contribution in [3.05, 3.63) is 0 Å². The van der Waals surface area contributed by atoms with E-state index in [0.29, 0.717) is 77.0 Å². The lowest BCUT2D eigenvalue weighted by Gasteiger charge is -2.75. The van der Waals surface area contributed by atoms with Gasteiger partial charge in [0.05, 0.1) is 16.8 Å². The third-order valence-electron chi connectivity index (χ3n) is 17.5. The number of rotatable bonds is 18. The van der Waals surface area contributed by atoms with Gasteiger partial charge in [-0.2, -0.15) is 0 Å². The molecule has 0 heterocycles. The third kappa shape index (κ3) is 8.64. The van der Waals surface area contributed by atoms with Crippen molar-refractivity contribution >= 4 is 69.1 Å². The first kappa shape index (κ1) is 50.6. The Labute approximate surface area is 396 Å². The molecule has 354 valence electrons. The number of halogens is 2. The summed E-state index contributed by atoms with van der Waals surface area (Å²) in [5.41, 5.74) is -11.2. The highest BCUT2D eigenvalue weighted by Crippen LogP contribution is 2.79. The Kier molecular flexibility index (Phi) is 13.2. The van der Waals surface area contributed by atoms with Gasteiger partial charge in [0.2, 0.25) is 0 Å². The minimum absolute atomic E-state index is 0.128. The normalized spacial score (nSPS) is 37.5. The van der Waals surface area contributed by atoms with Crippen molar-refractivity contribution in [3.8, 4) is 0 Å². The average molecular weight is 1100 g/mol. The number of esters is 4. The molecule has 8 fully saturated rings. The van der Waals surface area contributed by atoms with Crippen molar-refractivity contribution < 1.29 is 63.2 Å². The summed E-state index contributed by atoms with van der Waals surface area (Å²) in [6, 6.07) is 0. The van der Waals surface area contributed by atoms with E-state index in [2.05, 4.69) is 0 Å². The SMILES string of the molecule is CCC(I)C(=O)OCC(=O)OC12CC3CC(C(C)(C)O)(C1)CC(C(C)(C)OOC(C)(C)C14CC5(OC(=O)COC(=O)C(I)CC)CC(C(C)(C)O)(CC(C(C)(C)O)(C5)C1)C4)(C3)C2. The summed E-state index contributed by atoms with van der Waals surface area (Å²) >= 11 is 4.00. The van der Waals surface area contributed by atoms with E-state index in [1.165, 1.54) is 0 Å². The molecule has 0 aromatic heterocycles. The maximum Gasteiger partial charge on any atom is 0.344 e. The summed E-state index contributed by atoms with van der Waals surface area (Å²) in [4.78, 5) is 66.0. The Morgan fingerprint density at radius 3 is 1.29 bits per heavy atom. The molecule has 15 heteroatoms. The topological polar surface area (TPSA) is 184 Å². The van der Waals surface area contributed by atoms with E-state index < -0.39 is 107 Å². The first-order valence-electron chi connectivity index (χ1n) is 22.7. The summed E-state index contributed by atoms with van der Waals surface area (Å²) in [5, 5.41) is 36.2. The Bertz CT molecular complexity index is 1740. The monoisotopic (exact) mass is 1100 g/mol. The number of carbonyl (C=O) groups is 4. The summed E-state index contributed by atoms with van der Waals surface area (Å²) in [6.07, 6.45) is 7.58. The molecule has 0 aromatic rings. The molecule has 3 N–H and O–H groups in total. The second-order valence-electron chi connectivity index (χ2n) is 23.6. The lowest BCUT2D eigenvalue weighted by Crippen LogP contribution is -2.76. The van der Waals surface area contributed by atoms with Crippen molar-refractivity contribution in [1.29, 1.82) is 0 Å². The average Bonchev–Trinajstić information content (AvgIpc) is 3.11. The molecule has 8 aliphatic carbocycles. The quantitative estimate of drug-likeness (QED) is 0.0299. The number of alkyl halides is 2. The molecule has 13 nitrogen and oxygen atoms in total. The lowest BCUT2D eigenvalue weighted by molar-refractivity contribution is -0.463. The summed E-state index contributed by atoms with van der Waals surface area (Å²) in [6.45, 7) is 21.6. The van der Waals surface area contributed by atoms with E-state index in [1.807, 2.05) is 101 Å². The maximum atomic E-state index is 13.7. The van der Waals surface area contributed by atoms with Crippen molar-refractivity contribution in [2.24, 2.45) is 33.0 Å². The van der Waals surface area contributed by atoms with Gasteiger partial charge in [0.1, 0.15) is 30.3 Å². The van der Waals surface area contributed by atoms with Crippen LogP contribution >= 0.6 is 45.2 Å². The molecule has 8 rings (SSSR count). The zero-order chi connectivity index (χ0) is 46.6. The van der Waals surface area contributed by atoms with Crippen LogP contribution in [0.2, 0.25) is 0 Å². The van der Waals surface area contributed by atoms with E-state index in [1.54, 1.807) is 27.7 Å². The standard InChI is InChI=1S/C47H74I2O13/c1-13-30(48)34(52)57-18-32(50)59-46-17-29-15-41(24-46,36(3,4)54)20-42(16-29,25-46)39(9,10)61-62-40(11,12)45-22-43(37(5,6)55)21-44(23-45,38(7,8)56)27-47(26-43,28-45)60-33(51)19-58-35(53)31(49)14-2/h29-31,54-56H,13-28H2,1-12H3. The van der Waals surface area contributed by atoms with Crippen LogP contribution in [0.1, 0.15) is 173 Å². The van der Waals surface area contributed by atoms with Crippen LogP contribution in [-0.2, 0) is 47.9 Å². The van der Waals surface area contributed by atoms with Gasteiger partial charge in [0, 0.05) is 27.1 Å². The van der Waals surface area contributed by atoms with Gasteiger partial charge in [-0.05, 0) is 165 Å². The molecule has 0 radical (unpaired) electrons. The van der Waals surface area contributed by atoms with E-state index in [-0.39, 0.29) is 9.84 Å². The smallest absolute Gasteiger partial charge is 0.344 e. The van der Waals surface area contributed by atoms with Gasteiger partial charge in [0.15, 0.2) is 13.2 Å². The second kappa shape index (κ2) is 16.1. The number of carbonyl (C=O) groups excluding carboxylic acids is 4. The van der Waals surface area contributed by atoms with Crippen LogP contribution in [-0.4, -0.2) is 99.5 Å².